The summed E-state index contributed by atoms with van der Waals surface area (Å²) in [6.45, 7) is 1.45. The van der Waals surface area contributed by atoms with E-state index >= 15 is 0 Å². The third-order valence-corrected chi connectivity index (χ3v) is 1.83. The third-order valence-electron chi connectivity index (χ3n) is 1.83. The summed E-state index contributed by atoms with van der Waals surface area (Å²) in [6, 6.07) is 3.67. The van der Waals surface area contributed by atoms with Crippen LogP contribution in [0.1, 0.15) is 6.92 Å². The van der Waals surface area contributed by atoms with Crippen molar-refractivity contribution < 1.29 is 4.79 Å². The van der Waals surface area contributed by atoms with Gasteiger partial charge in [0, 0.05) is 36.3 Å². The number of hydrogen-bond donors (Lipinski definition) is 1. The van der Waals surface area contributed by atoms with Crippen LogP contribution in [0.4, 0.5) is 5.82 Å². The summed E-state index contributed by atoms with van der Waals surface area (Å²) in [5, 5.41) is 4.59. The lowest BCUT2D eigenvalue weighted by Crippen LogP contribution is -2.06. The number of rotatable bonds is 1. The lowest BCUT2D eigenvalue weighted by Gasteiger charge is -2.01. The molecular formula is C10H9N3O. The highest BCUT2D eigenvalue weighted by Gasteiger charge is 1.98. The first kappa shape index (κ1) is 8.62. The largest absolute Gasteiger partial charge is 0.311 e. The topological polar surface area (TPSA) is 54.9 Å². The SMILES string of the molecule is CC(=O)Nc1cc2cnccc2cn1. The van der Waals surface area contributed by atoms with Crippen molar-refractivity contribution in [2.24, 2.45) is 0 Å². The quantitative estimate of drug-likeness (QED) is 0.737. The van der Waals surface area contributed by atoms with Crippen molar-refractivity contribution in [1.82, 2.24) is 9.97 Å². The van der Waals surface area contributed by atoms with Crippen molar-refractivity contribution >= 4 is 22.5 Å². The highest BCUT2D eigenvalue weighted by Crippen LogP contribution is 2.14. The Kier molecular flexibility index (Phi) is 2.10. The van der Waals surface area contributed by atoms with Gasteiger partial charge in [0.25, 0.3) is 0 Å². The van der Waals surface area contributed by atoms with Gasteiger partial charge in [0.05, 0.1) is 0 Å². The molecule has 2 aromatic heterocycles. The molecule has 14 heavy (non-hydrogen) atoms. The Labute approximate surface area is 81.0 Å². The number of carbonyl (C=O) groups excluding carboxylic acids is 1. The maximum Gasteiger partial charge on any atom is 0.222 e. The Morgan fingerprint density at radius 2 is 2.21 bits per heavy atom. The summed E-state index contributed by atoms with van der Waals surface area (Å²) in [4.78, 5) is 18.9. The van der Waals surface area contributed by atoms with Gasteiger partial charge in [-0.05, 0) is 12.1 Å². The summed E-state index contributed by atoms with van der Waals surface area (Å²) in [5.74, 6) is 0.429. The van der Waals surface area contributed by atoms with E-state index in [1.165, 1.54) is 6.92 Å². The van der Waals surface area contributed by atoms with Gasteiger partial charge in [-0.15, -0.1) is 0 Å². The van der Waals surface area contributed by atoms with Gasteiger partial charge in [0.15, 0.2) is 0 Å². The molecule has 1 amide bonds. The lowest BCUT2D eigenvalue weighted by atomic mass is 10.2. The van der Waals surface area contributed by atoms with Gasteiger partial charge in [-0.3, -0.25) is 9.78 Å². The first-order valence-corrected chi connectivity index (χ1v) is 4.23. The lowest BCUT2D eigenvalue weighted by molar-refractivity contribution is -0.114. The normalized spacial score (nSPS) is 10.1. The molecule has 0 aliphatic carbocycles. The van der Waals surface area contributed by atoms with E-state index in [0.29, 0.717) is 5.82 Å². The second-order valence-electron chi connectivity index (χ2n) is 2.97. The molecule has 0 atom stereocenters. The second kappa shape index (κ2) is 3.41. The molecule has 70 valence electrons. The molecule has 0 unspecified atom stereocenters. The number of fused-ring (bicyclic) bond motifs is 1. The second-order valence-corrected chi connectivity index (χ2v) is 2.97. The van der Waals surface area contributed by atoms with Crippen LogP contribution in [0.2, 0.25) is 0 Å². The van der Waals surface area contributed by atoms with Crippen LogP contribution in [0.5, 0.6) is 0 Å². The van der Waals surface area contributed by atoms with Gasteiger partial charge in [-0.1, -0.05) is 0 Å². The molecule has 4 nitrogen and oxygen atoms in total. The minimum atomic E-state index is -0.124. The molecule has 0 radical (unpaired) electrons. The van der Waals surface area contributed by atoms with Gasteiger partial charge in [-0.25, -0.2) is 4.98 Å². The molecule has 0 bridgehead atoms. The van der Waals surface area contributed by atoms with E-state index in [0.717, 1.165) is 10.8 Å². The van der Waals surface area contributed by atoms with Gasteiger partial charge in [0.2, 0.25) is 5.91 Å². The Bertz CT molecular complexity index is 482. The molecule has 0 aromatic carbocycles. The molecule has 0 saturated heterocycles. The Morgan fingerprint density at radius 1 is 1.36 bits per heavy atom. The van der Waals surface area contributed by atoms with Crippen LogP contribution in [0.15, 0.2) is 30.7 Å². The predicted molar refractivity (Wildman–Crippen MR) is 53.8 cm³/mol. The zero-order valence-corrected chi connectivity index (χ0v) is 7.69. The van der Waals surface area contributed by atoms with Crippen LogP contribution in [-0.4, -0.2) is 15.9 Å². The first-order chi connectivity index (χ1) is 6.75. The van der Waals surface area contributed by atoms with Crippen molar-refractivity contribution in [3.8, 4) is 0 Å². The molecule has 0 spiro atoms. The molecule has 2 rings (SSSR count). The number of amides is 1. The predicted octanol–water partition coefficient (Wildman–Crippen LogP) is 1.59. The van der Waals surface area contributed by atoms with Gasteiger partial charge >= 0.3 is 0 Å². The fraction of sp³-hybridized carbons (Fsp3) is 0.100. The highest BCUT2D eigenvalue weighted by atomic mass is 16.1. The number of aromatic nitrogens is 2. The summed E-state index contributed by atoms with van der Waals surface area (Å²) < 4.78 is 0. The highest BCUT2D eigenvalue weighted by molar-refractivity contribution is 5.90. The van der Waals surface area contributed by atoms with Crippen LogP contribution in [0.25, 0.3) is 10.8 Å². The van der Waals surface area contributed by atoms with Crippen molar-refractivity contribution in [3.05, 3.63) is 30.7 Å². The van der Waals surface area contributed by atoms with Crippen LogP contribution in [0.3, 0.4) is 0 Å². The van der Waals surface area contributed by atoms with E-state index in [-0.39, 0.29) is 5.91 Å². The molecule has 0 fully saturated rings. The van der Waals surface area contributed by atoms with Crippen LogP contribution in [0, 0.1) is 0 Å². The number of carbonyl (C=O) groups is 1. The fourth-order valence-corrected chi connectivity index (χ4v) is 1.23. The number of anilines is 1. The smallest absolute Gasteiger partial charge is 0.222 e. The molecule has 1 N–H and O–H groups in total. The number of nitrogens with zero attached hydrogens (tertiary/aromatic N) is 2. The van der Waals surface area contributed by atoms with Gasteiger partial charge < -0.3 is 5.32 Å². The van der Waals surface area contributed by atoms with Crippen molar-refractivity contribution in [2.75, 3.05) is 5.32 Å². The standard InChI is InChI=1S/C10H9N3O/c1-7(14)13-10-4-9-5-11-3-2-8(9)6-12-10/h2-6H,1H3,(H,12,13,14). The summed E-state index contributed by atoms with van der Waals surface area (Å²) in [7, 11) is 0. The molecule has 0 aliphatic rings. The van der Waals surface area contributed by atoms with E-state index in [4.69, 9.17) is 0 Å². The molecule has 0 aliphatic heterocycles. The van der Waals surface area contributed by atoms with Crippen LogP contribution < -0.4 is 5.32 Å². The minimum absolute atomic E-state index is 0.124. The van der Waals surface area contributed by atoms with Gasteiger partial charge in [-0.2, -0.15) is 0 Å². The maximum absolute atomic E-state index is 10.8. The summed E-state index contributed by atoms with van der Waals surface area (Å²) in [6.07, 6.45) is 5.16. The molecule has 2 aromatic rings. The molecule has 4 heteroatoms. The Hall–Kier alpha value is -1.97. The number of pyridine rings is 2. The molecule has 0 saturated carbocycles. The fourth-order valence-electron chi connectivity index (χ4n) is 1.23. The summed E-state index contributed by atoms with van der Waals surface area (Å²) >= 11 is 0. The Balaban J connectivity index is 2.46. The third kappa shape index (κ3) is 1.69. The van der Waals surface area contributed by atoms with E-state index < -0.39 is 0 Å². The monoisotopic (exact) mass is 187 g/mol. The van der Waals surface area contributed by atoms with Crippen LogP contribution >= 0.6 is 0 Å². The van der Waals surface area contributed by atoms with Crippen molar-refractivity contribution in [2.45, 2.75) is 6.92 Å². The zero-order valence-electron chi connectivity index (χ0n) is 7.69. The van der Waals surface area contributed by atoms with E-state index in [1.807, 2.05) is 6.07 Å². The van der Waals surface area contributed by atoms with Crippen LogP contribution in [-0.2, 0) is 4.79 Å². The van der Waals surface area contributed by atoms with Crippen molar-refractivity contribution in [3.63, 3.8) is 0 Å². The average Bonchev–Trinajstić information content (AvgIpc) is 2.17. The first-order valence-electron chi connectivity index (χ1n) is 4.23. The number of nitrogens with one attached hydrogen (secondary N) is 1. The van der Waals surface area contributed by atoms with E-state index in [9.17, 15) is 4.79 Å². The van der Waals surface area contributed by atoms with Gasteiger partial charge in [0.1, 0.15) is 5.82 Å². The average molecular weight is 187 g/mol. The zero-order chi connectivity index (χ0) is 9.97. The maximum atomic E-state index is 10.8. The van der Waals surface area contributed by atoms with E-state index in [2.05, 4.69) is 15.3 Å². The number of hydrogen-bond acceptors (Lipinski definition) is 3. The molecular weight excluding hydrogens is 178 g/mol. The molecule has 2 heterocycles. The van der Waals surface area contributed by atoms with E-state index in [1.54, 1.807) is 24.7 Å². The van der Waals surface area contributed by atoms with Crippen molar-refractivity contribution in [1.29, 1.82) is 0 Å². The Morgan fingerprint density at radius 3 is 3.00 bits per heavy atom. The summed E-state index contributed by atoms with van der Waals surface area (Å²) in [5.41, 5.74) is 0. The minimum Gasteiger partial charge on any atom is -0.311 e.